The van der Waals surface area contributed by atoms with Crippen molar-refractivity contribution >= 4 is 23.7 Å². The molecule has 5 rings (SSSR count). The third kappa shape index (κ3) is 3.89. The van der Waals surface area contributed by atoms with Crippen molar-refractivity contribution in [3.8, 4) is 11.5 Å². The summed E-state index contributed by atoms with van der Waals surface area (Å²) in [7, 11) is 1.56. The molecule has 2 aliphatic rings. The number of phenolic OH excluding ortho intramolecular Hbond substituents is 1. The van der Waals surface area contributed by atoms with Gasteiger partial charge < -0.3 is 9.84 Å². The lowest BCUT2D eigenvalue weighted by atomic mass is 9.85. The van der Waals surface area contributed by atoms with Gasteiger partial charge in [-0.05, 0) is 61.1 Å². The number of rotatable bonds is 3. The summed E-state index contributed by atoms with van der Waals surface area (Å²) in [5, 5.41) is 11.1. The summed E-state index contributed by atoms with van der Waals surface area (Å²) in [5.74, 6) is 0.559. The van der Waals surface area contributed by atoms with Crippen LogP contribution in [0, 0.1) is 0 Å². The van der Waals surface area contributed by atoms with Crippen LogP contribution >= 0.6 is 0 Å². The number of phenols is 1. The molecule has 0 unspecified atom stereocenters. The molecule has 3 aromatic carbocycles. The third-order valence-electron chi connectivity index (χ3n) is 6.47. The molecule has 33 heavy (non-hydrogen) atoms. The standard InChI is InChI=1S/C29H24O4/c1-33-24-16-22(14-20-12-10-18-6-2-4-8-25(18)28(20)31)27(30)23(17-24)15-21-13-11-19-7-3-5-9-26(19)29(21)32/h2-9,14-17,30H,10-13H2,1H3/b20-14+,21-15+. The number of ether oxygens (including phenoxy) is 1. The van der Waals surface area contributed by atoms with E-state index < -0.39 is 0 Å². The van der Waals surface area contributed by atoms with Gasteiger partial charge in [0.1, 0.15) is 11.5 Å². The van der Waals surface area contributed by atoms with E-state index in [1.54, 1.807) is 31.4 Å². The zero-order valence-electron chi connectivity index (χ0n) is 18.4. The van der Waals surface area contributed by atoms with Gasteiger partial charge >= 0.3 is 0 Å². The average Bonchev–Trinajstić information content (AvgIpc) is 2.85. The van der Waals surface area contributed by atoms with Gasteiger partial charge in [-0.15, -0.1) is 0 Å². The smallest absolute Gasteiger partial charge is 0.189 e. The van der Waals surface area contributed by atoms with Crippen molar-refractivity contribution in [1.29, 1.82) is 0 Å². The van der Waals surface area contributed by atoms with E-state index in [0.717, 1.165) is 24.0 Å². The van der Waals surface area contributed by atoms with E-state index in [-0.39, 0.29) is 17.3 Å². The van der Waals surface area contributed by atoms with Crippen LogP contribution in [0.5, 0.6) is 11.5 Å². The fourth-order valence-corrected chi connectivity index (χ4v) is 4.67. The molecule has 0 amide bonds. The lowest BCUT2D eigenvalue weighted by Crippen LogP contribution is -2.14. The van der Waals surface area contributed by atoms with E-state index in [4.69, 9.17) is 4.74 Å². The largest absolute Gasteiger partial charge is 0.507 e. The molecule has 0 radical (unpaired) electrons. The first-order valence-electron chi connectivity index (χ1n) is 11.1. The Morgan fingerprint density at radius 2 is 1.18 bits per heavy atom. The second kappa shape index (κ2) is 8.55. The van der Waals surface area contributed by atoms with Gasteiger partial charge in [-0.25, -0.2) is 0 Å². The van der Waals surface area contributed by atoms with Gasteiger partial charge in [0.15, 0.2) is 11.6 Å². The van der Waals surface area contributed by atoms with E-state index >= 15 is 0 Å². The molecule has 0 fully saturated rings. The maximum absolute atomic E-state index is 13.0. The van der Waals surface area contributed by atoms with Crippen LogP contribution in [0.4, 0.5) is 0 Å². The molecule has 3 aromatic rings. The summed E-state index contributed by atoms with van der Waals surface area (Å²) in [6.07, 6.45) is 6.27. The minimum absolute atomic E-state index is 0.0157. The molecule has 2 aliphatic carbocycles. The van der Waals surface area contributed by atoms with E-state index in [0.29, 0.717) is 52.0 Å². The molecule has 0 saturated carbocycles. The Morgan fingerprint density at radius 1 is 0.727 bits per heavy atom. The van der Waals surface area contributed by atoms with E-state index in [2.05, 4.69) is 0 Å². The maximum Gasteiger partial charge on any atom is 0.189 e. The molecule has 1 N–H and O–H groups in total. The average molecular weight is 437 g/mol. The Labute approximate surface area is 192 Å². The quantitative estimate of drug-likeness (QED) is 0.525. The second-order valence-electron chi connectivity index (χ2n) is 8.47. The lowest BCUT2D eigenvalue weighted by Gasteiger charge is -2.19. The number of carbonyl (C=O) groups is 2. The molecule has 0 bridgehead atoms. The minimum atomic E-state index is -0.0157. The summed E-state index contributed by atoms with van der Waals surface area (Å²) in [5.41, 5.74) is 5.85. The Kier molecular flexibility index (Phi) is 5.43. The van der Waals surface area contributed by atoms with Crippen LogP contribution in [-0.2, 0) is 12.8 Å². The molecule has 164 valence electrons. The number of fused-ring (bicyclic) bond motifs is 2. The van der Waals surface area contributed by atoms with Crippen molar-refractivity contribution in [3.05, 3.63) is 105 Å². The fraction of sp³-hybridized carbons (Fsp3) is 0.172. The van der Waals surface area contributed by atoms with Gasteiger partial charge in [-0.1, -0.05) is 48.5 Å². The number of hydrogen-bond acceptors (Lipinski definition) is 4. The van der Waals surface area contributed by atoms with Crippen LogP contribution in [0.25, 0.3) is 12.2 Å². The van der Waals surface area contributed by atoms with Crippen molar-refractivity contribution in [2.75, 3.05) is 7.11 Å². The number of methoxy groups -OCH3 is 1. The highest BCUT2D eigenvalue weighted by Crippen LogP contribution is 2.36. The van der Waals surface area contributed by atoms with Crippen LogP contribution in [0.1, 0.15) is 55.8 Å². The zero-order valence-corrected chi connectivity index (χ0v) is 18.4. The lowest BCUT2D eigenvalue weighted by molar-refractivity contribution is 0.101. The molecule has 0 spiro atoms. The number of benzene rings is 3. The number of aromatic hydroxyl groups is 1. The van der Waals surface area contributed by atoms with Gasteiger partial charge in [0.25, 0.3) is 0 Å². The van der Waals surface area contributed by atoms with Gasteiger partial charge in [-0.3, -0.25) is 9.59 Å². The van der Waals surface area contributed by atoms with E-state index in [9.17, 15) is 14.7 Å². The first-order valence-corrected chi connectivity index (χ1v) is 11.1. The highest BCUT2D eigenvalue weighted by molar-refractivity contribution is 6.14. The molecule has 0 heterocycles. The molecule has 0 atom stereocenters. The summed E-state index contributed by atoms with van der Waals surface area (Å²) >= 11 is 0. The summed E-state index contributed by atoms with van der Waals surface area (Å²) < 4.78 is 5.46. The van der Waals surface area contributed by atoms with Crippen molar-refractivity contribution in [2.45, 2.75) is 25.7 Å². The minimum Gasteiger partial charge on any atom is -0.507 e. The predicted octanol–water partition coefficient (Wildman–Crippen LogP) is 5.83. The highest BCUT2D eigenvalue weighted by Gasteiger charge is 2.24. The Balaban J connectivity index is 1.54. The topological polar surface area (TPSA) is 63.6 Å². The van der Waals surface area contributed by atoms with Crippen LogP contribution in [-0.4, -0.2) is 23.8 Å². The monoisotopic (exact) mass is 436 g/mol. The summed E-state index contributed by atoms with van der Waals surface area (Å²) in [6.45, 7) is 0. The molecular weight excluding hydrogens is 412 g/mol. The normalized spacial score (nSPS) is 17.7. The third-order valence-corrected chi connectivity index (χ3v) is 6.47. The van der Waals surface area contributed by atoms with Crippen molar-refractivity contribution < 1.29 is 19.4 Å². The Bertz CT molecular complexity index is 1240. The molecule has 4 nitrogen and oxygen atoms in total. The number of hydrogen-bond donors (Lipinski definition) is 1. The van der Waals surface area contributed by atoms with Gasteiger partial charge in [0.2, 0.25) is 0 Å². The molecule has 0 saturated heterocycles. The number of allylic oxidation sites excluding steroid dienone is 2. The van der Waals surface area contributed by atoms with Gasteiger partial charge in [0, 0.05) is 33.4 Å². The fourth-order valence-electron chi connectivity index (χ4n) is 4.67. The van der Waals surface area contributed by atoms with E-state index in [1.807, 2.05) is 48.5 Å². The van der Waals surface area contributed by atoms with Gasteiger partial charge in [0.05, 0.1) is 7.11 Å². The predicted molar refractivity (Wildman–Crippen MR) is 129 cm³/mol. The van der Waals surface area contributed by atoms with Gasteiger partial charge in [-0.2, -0.15) is 0 Å². The van der Waals surface area contributed by atoms with Crippen LogP contribution < -0.4 is 4.74 Å². The SMILES string of the molecule is COc1cc(/C=C2\CCc3ccccc3C2=O)c(O)c(/C=C2\CCc3ccccc3C2=O)c1. The number of aryl methyl sites for hydroxylation is 2. The molecule has 0 aromatic heterocycles. The van der Waals surface area contributed by atoms with Crippen LogP contribution in [0.3, 0.4) is 0 Å². The summed E-state index contributed by atoms with van der Waals surface area (Å²) in [4.78, 5) is 26.0. The van der Waals surface area contributed by atoms with Crippen molar-refractivity contribution in [1.82, 2.24) is 0 Å². The van der Waals surface area contributed by atoms with Crippen molar-refractivity contribution in [3.63, 3.8) is 0 Å². The highest BCUT2D eigenvalue weighted by atomic mass is 16.5. The molecule has 0 aliphatic heterocycles. The number of ketones is 2. The zero-order chi connectivity index (χ0) is 22.9. The summed E-state index contributed by atoms with van der Waals surface area (Å²) in [6, 6.07) is 18.7. The number of Topliss-reactive ketones (excluding diaryl/α,β-unsaturated/α-hetero) is 2. The second-order valence-corrected chi connectivity index (χ2v) is 8.47. The molecule has 4 heteroatoms. The van der Waals surface area contributed by atoms with E-state index in [1.165, 1.54) is 0 Å². The Morgan fingerprint density at radius 3 is 1.64 bits per heavy atom. The van der Waals surface area contributed by atoms with Crippen LogP contribution in [0.2, 0.25) is 0 Å². The Hall–Kier alpha value is -3.92. The molecular formula is C29H24O4. The van der Waals surface area contributed by atoms with Crippen LogP contribution in [0.15, 0.2) is 71.8 Å². The first-order chi connectivity index (χ1) is 16.0. The number of carbonyl (C=O) groups excluding carboxylic acids is 2. The van der Waals surface area contributed by atoms with Crippen molar-refractivity contribution in [2.24, 2.45) is 0 Å². The first kappa shape index (κ1) is 21.0. The maximum atomic E-state index is 13.0.